The minimum atomic E-state index is -3.53. The van der Waals surface area contributed by atoms with E-state index in [9.17, 15) is 8.42 Å². The van der Waals surface area contributed by atoms with Crippen LogP contribution in [-0.2, 0) is 10.0 Å². The number of hydrogen-bond acceptors (Lipinski definition) is 4. The van der Waals surface area contributed by atoms with Crippen LogP contribution in [0.5, 0.6) is 5.75 Å². The lowest BCUT2D eigenvalue weighted by molar-refractivity contribution is 0.293. The summed E-state index contributed by atoms with van der Waals surface area (Å²) < 4.78 is 33.6. The average molecular weight is 385 g/mol. The molecule has 1 fully saturated rings. The van der Waals surface area contributed by atoms with Gasteiger partial charge in [0.1, 0.15) is 5.75 Å². The van der Waals surface area contributed by atoms with Crippen molar-refractivity contribution in [1.82, 2.24) is 9.62 Å². The zero-order valence-corrected chi connectivity index (χ0v) is 16.2. The molecule has 1 aliphatic rings. The fourth-order valence-electron chi connectivity index (χ4n) is 3.29. The van der Waals surface area contributed by atoms with Gasteiger partial charge in [0.2, 0.25) is 10.0 Å². The molecule has 138 valence electrons. The number of halogens is 1. The molecule has 0 radical (unpaired) electrons. The van der Waals surface area contributed by atoms with Crippen molar-refractivity contribution in [3.63, 3.8) is 0 Å². The van der Waals surface area contributed by atoms with Crippen molar-refractivity contribution < 1.29 is 13.2 Å². The molecule has 0 spiro atoms. The second kappa shape index (κ2) is 8.36. The number of nitrogens with zero attached hydrogens (tertiary/aromatic N) is 1. The van der Waals surface area contributed by atoms with Crippen molar-refractivity contribution >= 4 is 33.2 Å². The van der Waals surface area contributed by atoms with Gasteiger partial charge in [0.15, 0.2) is 0 Å². The molecule has 0 aromatic heterocycles. The zero-order valence-electron chi connectivity index (χ0n) is 14.6. The Morgan fingerprint density at radius 3 is 2.60 bits per heavy atom. The number of rotatable bonds is 5. The summed E-state index contributed by atoms with van der Waals surface area (Å²) in [6.07, 6.45) is 1.88. The maximum absolute atomic E-state index is 13.2. The molecule has 0 amide bonds. The summed E-state index contributed by atoms with van der Waals surface area (Å²) in [5.74, 6) is 0.721. The summed E-state index contributed by atoms with van der Waals surface area (Å²) in [7, 11) is -1.64. The molecular formula is C18H25ClN2O3S. The third-order valence-electron chi connectivity index (χ3n) is 4.55. The van der Waals surface area contributed by atoms with Gasteiger partial charge in [0.25, 0.3) is 0 Å². The molecule has 0 aliphatic carbocycles. The van der Waals surface area contributed by atoms with Crippen LogP contribution in [0.25, 0.3) is 10.8 Å². The van der Waals surface area contributed by atoms with Crippen LogP contribution in [0.2, 0.25) is 0 Å². The van der Waals surface area contributed by atoms with Gasteiger partial charge in [-0.05, 0) is 38.9 Å². The number of piperidine rings is 1. The number of ether oxygens (including phenoxy) is 1. The van der Waals surface area contributed by atoms with Crippen molar-refractivity contribution in [2.75, 3.05) is 26.7 Å². The van der Waals surface area contributed by atoms with Gasteiger partial charge in [0.05, 0.1) is 11.5 Å². The Bertz CT molecular complexity index is 826. The molecule has 25 heavy (non-hydrogen) atoms. The number of hydrogen-bond donors (Lipinski definition) is 1. The molecular weight excluding hydrogens is 360 g/mol. The largest absolute Gasteiger partial charge is 0.493 e. The number of benzene rings is 2. The summed E-state index contributed by atoms with van der Waals surface area (Å²) in [6.45, 7) is 3.56. The first kappa shape index (κ1) is 20.0. The van der Waals surface area contributed by atoms with E-state index in [0.29, 0.717) is 24.6 Å². The van der Waals surface area contributed by atoms with Gasteiger partial charge in [0, 0.05) is 29.9 Å². The highest BCUT2D eigenvalue weighted by molar-refractivity contribution is 7.89. The van der Waals surface area contributed by atoms with Gasteiger partial charge >= 0.3 is 0 Å². The van der Waals surface area contributed by atoms with E-state index in [1.54, 1.807) is 16.4 Å². The Morgan fingerprint density at radius 1 is 1.20 bits per heavy atom. The predicted octanol–water partition coefficient (Wildman–Crippen LogP) is 3.03. The van der Waals surface area contributed by atoms with Crippen molar-refractivity contribution in [2.45, 2.75) is 30.7 Å². The van der Waals surface area contributed by atoms with Crippen LogP contribution in [0, 0.1) is 0 Å². The molecule has 1 heterocycles. The summed E-state index contributed by atoms with van der Waals surface area (Å²) in [5.41, 5.74) is 0. The summed E-state index contributed by atoms with van der Waals surface area (Å²) in [6, 6.07) is 11.2. The van der Waals surface area contributed by atoms with E-state index in [4.69, 9.17) is 4.74 Å². The number of likely N-dealkylation sites (N-methyl/N-ethyl adjacent to an activating group) is 1. The van der Waals surface area contributed by atoms with E-state index in [1.165, 1.54) is 0 Å². The van der Waals surface area contributed by atoms with Crippen LogP contribution in [0.1, 0.15) is 19.8 Å². The highest BCUT2D eigenvalue weighted by Gasteiger charge is 2.31. The predicted molar refractivity (Wildman–Crippen MR) is 103 cm³/mol. The summed E-state index contributed by atoms with van der Waals surface area (Å²) >= 11 is 0. The maximum Gasteiger partial charge on any atom is 0.243 e. The molecule has 0 saturated carbocycles. The molecule has 0 bridgehead atoms. The normalized spacial score (nSPS) is 18.7. The number of sulfonamides is 1. The monoisotopic (exact) mass is 384 g/mol. The lowest BCUT2D eigenvalue weighted by atomic mass is 10.1. The van der Waals surface area contributed by atoms with E-state index in [0.717, 1.165) is 29.4 Å². The van der Waals surface area contributed by atoms with Gasteiger partial charge < -0.3 is 10.1 Å². The first-order valence-corrected chi connectivity index (χ1v) is 9.84. The molecule has 7 heteroatoms. The van der Waals surface area contributed by atoms with Crippen LogP contribution in [0.4, 0.5) is 0 Å². The minimum Gasteiger partial charge on any atom is -0.493 e. The summed E-state index contributed by atoms with van der Waals surface area (Å²) in [5, 5.41) is 4.75. The number of nitrogens with one attached hydrogen (secondary N) is 1. The first-order valence-electron chi connectivity index (χ1n) is 8.40. The van der Waals surface area contributed by atoms with Crippen molar-refractivity contribution in [1.29, 1.82) is 0 Å². The van der Waals surface area contributed by atoms with Gasteiger partial charge in [-0.2, -0.15) is 4.31 Å². The number of fused-ring (bicyclic) bond motifs is 1. The quantitative estimate of drug-likeness (QED) is 0.860. The SMILES string of the molecule is CCOc1ccc(S(=O)(=O)N2CCCC(NC)C2)c2ccccc12.Cl. The standard InChI is InChI=1S/C18H24N2O3S.ClH/c1-3-23-17-10-11-18(16-9-5-4-8-15(16)17)24(21,22)20-12-6-7-14(13-20)19-2;/h4-5,8-11,14,19H,3,6-7,12-13H2,1-2H3;1H. The Hall–Kier alpha value is -1.34. The molecule has 1 unspecified atom stereocenters. The van der Waals surface area contributed by atoms with Crippen LogP contribution in [0.15, 0.2) is 41.3 Å². The third-order valence-corrected chi connectivity index (χ3v) is 6.48. The molecule has 1 atom stereocenters. The molecule has 5 nitrogen and oxygen atoms in total. The lowest BCUT2D eigenvalue weighted by Crippen LogP contribution is -2.46. The Balaban J connectivity index is 0.00000225. The lowest BCUT2D eigenvalue weighted by Gasteiger charge is -2.32. The molecule has 1 N–H and O–H groups in total. The molecule has 1 saturated heterocycles. The molecule has 2 aromatic rings. The van der Waals surface area contributed by atoms with Crippen molar-refractivity contribution in [3.8, 4) is 5.75 Å². The zero-order chi connectivity index (χ0) is 17.2. The van der Waals surface area contributed by atoms with E-state index < -0.39 is 10.0 Å². The smallest absolute Gasteiger partial charge is 0.243 e. The van der Waals surface area contributed by atoms with Crippen LogP contribution in [-0.4, -0.2) is 45.5 Å². The van der Waals surface area contributed by atoms with Gasteiger partial charge in [-0.15, -0.1) is 12.4 Å². The molecule has 2 aromatic carbocycles. The van der Waals surface area contributed by atoms with Gasteiger partial charge in [-0.25, -0.2) is 8.42 Å². The van der Waals surface area contributed by atoms with E-state index in [2.05, 4.69) is 5.32 Å². The van der Waals surface area contributed by atoms with Crippen LogP contribution >= 0.6 is 12.4 Å². The Labute approximate surface area is 155 Å². The first-order chi connectivity index (χ1) is 11.6. The second-order valence-corrected chi connectivity index (χ2v) is 7.94. The third kappa shape index (κ3) is 3.92. The highest BCUT2D eigenvalue weighted by Crippen LogP contribution is 2.33. The van der Waals surface area contributed by atoms with Gasteiger partial charge in [-0.1, -0.05) is 24.3 Å². The second-order valence-electron chi connectivity index (χ2n) is 6.03. The van der Waals surface area contributed by atoms with E-state index in [1.807, 2.05) is 38.2 Å². The Morgan fingerprint density at radius 2 is 1.92 bits per heavy atom. The fraction of sp³-hybridized carbons (Fsp3) is 0.444. The van der Waals surface area contributed by atoms with Crippen molar-refractivity contribution in [2.24, 2.45) is 0 Å². The Kier molecular flexibility index (Phi) is 6.68. The highest BCUT2D eigenvalue weighted by atomic mass is 35.5. The topological polar surface area (TPSA) is 58.6 Å². The van der Waals surface area contributed by atoms with Crippen molar-refractivity contribution in [3.05, 3.63) is 36.4 Å². The van der Waals surface area contributed by atoms with Gasteiger partial charge in [-0.3, -0.25) is 0 Å². The van der Waals surface area contributed by atoms with Crippen LogP contribution < -0.4 is 10.1 Å². The molecule has 3 rings (SSSR count). The molecule has 1 aliphatic heterocycles. The van der Waals surface area contributed by atoms with E-state index in [-0.39, 0.29) is 18.4 Å². The maximum atomic E-state index is 13.2. The van der Waals surface area contributed by atoms with E-state index >= 15 is 0 Å². The average Bonchev–Trinajstić information content (AvgIpc) is 2.62. The minimum absolute atomic E-state index is 0. The fourth-order valence-corrected chi connectivity index (χ4v) is 5.01. The van der Waals surface area contributed by atoms with Crippen LogP contribution in [0.3, 0.4) is 0 Å². The summed E-state index contributed by atoms with van der Waals surface area (Å²) in [4.78, 5) is 0.360.